The van der Waals surface area contributed by atoms with E-state index >= 15 is 0 Å². The van der Waals surface area contributed by atoms with Crippen LogP contribution >= 0.6 is 0 Å². The van der Waals surface area contributed by atoms with E-state index in [1.54, 1.807) is 0 Å². The zero-order valence-electron chi connectivity index (χ0n) is 12.5. The van der Waals surface area contributed by atoms with Gasteiger partial charge in [-0.2, -0.15) is 0 Å². The summed E-state index contributed by atoms with van der Waals surface area (Å²) in [4.78, 5) is 12.2. The van der Waals surface area contributed by atoms with E-state index < -0.39 is 6.04 Å². The number of amides is 1. The Hall–Kier alpha value is -1.79. The molecule has 0 aromatic heterocycles. The maximum absolute atomic E-state index is 12.2. The zero-order chi connectivity index (χ0) is 15.4. The summed E-state index contributed by atoms with van der Waals surface area (Å²) < 4.78 is 16.7. The molecule has 1 saturated heterocycles. The lowest BCUT2D eigenvalue weighted by molar-refractivity contribution is -0.124. The van der Waals surface area contributed by atoms with E-state index in [2.05, 4.69) is 5.32 Å². The molecule has 2 atom stereocenters. The molecule has 0 spiro atoms. The predicted molar refractivity (Wildman–Crippen MR) is 80.9 cm³/mol. The molecule has 1 aromatic rings. The molecule has 2 heterocycles. The minimum atomic E-state index is -0.485. The molecule has 1 amide bonds. The SMILES string of the molecule is NC(C(=O)NCC1COc2ccccc2O1)C1CCOCC1. The highest BCUT2D eigenvalue weighted by molar-refractivity contribution is 5.81. The van der Waals surface area contributed by atoms with Crippen molar-refractivity contribution in [3.05, 3.63) is 24.3 Å². The Morgan fingerprint density at radius 3 is 2.77 bits per heavy atom. The molecule has 2 unspecified atom stereocenters. The highest BCUT2D eigenvalue weighted by Gasteiger charge is 2.28. The lowest BCUT2D eigenvalue weighted by Gasteiger charge is -2.29. The van der Waals surface area contributed by atoms with E-state index in [4.69, 9.17) is 19.9 Å². The first-order valence-electron chi connectivity index (χ1n) is 7.73. The van der Waals surface area contributed by atoms with Gasteiger partial charge in [0.25, 0.3) is 0 Å². The van der Waals surface area contributed by atoms with E-state index in [9.17, 15) is 4.79 Å². The number of hydrogen-bond donors (Lipinski definition) is 2. The summed E-state index contributed by atoms with van der Waals surface area (Å²) in [5, 5.41) is 2.87. The van der Waals surface area contributed by atoms with Crippen LogP contribution in [0.15, 0.2) is 24.3 Å². The van der Waals surface area contributed by atoms with Crippen LogP contribution in [0.1, 0.15) is 12.8 Å². The number of ether oxygens (including phenoxy) is 3. The van der Waals surface area contributed by atoms with Crippen molar-refractivity contribution in [3.8, 4) is 11.5 Å². The molecule has 22 heavy (non-hydrogen) atoms. The van der Waals surface area contributed by atoms with Crippen molar-refractivity contribution in [2.45, 2.75) is 25.0 Å². The van der Waals surface area contributed by atoms with Crippen molar-refractivity contribution in [2.75, 3.05) is 26.4 Å². The molecule has 0 bridgehead atoms. The molecule has 0 radical (unpaired) electrons. The van der Waals surface area contributed by atoms with Crippen molar-refractivity contribution < 1.29 is 19.0 Å². The maximum atomic E-state index is 12.2. The molecule has 0 aliphatic carbocycles. The highest BCUT2D eigenvalue weighted by Crippen LogP contribution is 2.30. The van der Waals surface area contributed by atoms with Crippen LogP contribution in [-0.2, 0) is 9.53 Å². The van der Waals surface area contributed by atoms with Gasteiger partial charge in [0.05, 0.1) is 12.6 Å². The topological polar surface area (TPSA) is 82.8 Å². The quantitative estimate of drug-likeness (QED) is 0.855. The largest absolute Gasteiger partial charge is 0.486 e. The number of benzene rings is 1. The number of para-hydroxylation sites is 2. The van der Waals surface area contributed by atoms with Gasteiger partial charge < -0.3 is 25.3 Å². The molecular formula is C16H22N2O4. The van der Waals surface area contributed by atoms with E-state index in [0.29, 0.717) is 32.1 Å². The minimum absolute atomic E-state index is 0.130. The van der Waals surface area contributed by atoms with Crippen LogP contribution in [0.5, 0.6) is 11.5 Å². The standard InChI is InChI=1S/C16H22N2O4/c17-15(11-5-7-20-8-6-11)16(19)18-9-12-10-21-13-3-1-2-4-14(13)22-12/h1-4,11-12,15H,5-10,17H2,(H,18,19). The van der Waals surface area contributed by atoms with Crippen LogP contribution in [0.25, 0.3) is 0 Å². The van der Waals surface area contributed by atoms with Gasteiger partial charge in [-0.3, -0.25) is 4.79 Å². The van der Waals surface area contributed by atoms with Crippen LogP contribution in [0.2, 0.25) is 0 Å². The number of nitrogens with one attached hydrogen (secondary N) is 1. The average Bonchev–Trinajstić information content (AvgIpc) is 2.59. The Kier molecular flexibility index (Phi) is 4.80. The van der Waals surface area contributed by atoms with Gasteiger partial charge in [-0.25, -0.2) is 0 Å². The molecule has 0 saturated carbocycles. The summed E-state index contributed by atoms with van der Waals surface area (Å²) in [5.74, 6) is 1.51. The van der Waals surface area contributed by atoms with Crippen molar-refractivity contribution >= 4 is 5.91 Å². The van der Waals surface area contributed by atoms with Gasteiger partial charge in [0.15, 0.2) is 11.5 Å². The van der Waals surface area contributed by atoms with Gasteiger partial charge >= 0.3 is 0 Å². The summed E-state index contributed by atoms with van der Waals surface area (Å²) in [7, 11) is 0. The minimum Gasteiger partial charge on any atom is -0.486 e. The third-order valence-corrected chi connectivity index (χ3v) is 4.15. The number of carbonyl (C=O) groups is 1. The summed E-state index contributed by atoms with van der Waals surface area (Å²) >= 11 is 0. The summed E-state index contributed by atoms with van der Waals surface area (Å²) in [6.07, 6.45) is 1.48. The molecule has 2 aliphatic heterocycles. The second-order valence-electron chi connectivity index (χ2n) is 5.72. The Bertz CT molecular complexity index is 517. The van der Waals surface area contributed by atoms with Crippen molar-refractivity contribution in [1.82, 2.24) is 5.32 Å². The van der Waals surface area contributed by atoms with E-state index in [1.807, 2.05) is 24.3 Å². The number of hydrogen-bond acceptors (Lipinski definition) is 5. The highest BCUT2D eigenvalue weighted by atomic mass is 16.6. The number of nitrogens with two attached hydrogens (primary N) is 1. The molecule has 6 nitrogen and oxygen atoms in total. The van der Waals surface area contributed by atoms with Crippen molar-refractivity contribution in [3.63, 3.8) is 0 Å². The fourth-order valence-corrected chi connectivity index (χ4v) is 2.78. The van der Waals surface area contributed by atoms with Crippen LogP contribution in [0, 0.1) is 5.92 Å². The van der Waals surface area contributed by atoms with Crippen molar-refractivity contribution in [2.24, 2.45) is 11.7 Å². The van der Waals surface area contributed by atoms with E-state index in [0.717, 1.165) is 18.6 Å². The van der Waals surface area contributed by atoms with Crippen LogP contribution in [0.3, 0.4) is 0 Å². The van der Waals surface area contributed by atoms with Gasteiger partial charge in [0, 0.05) is 13.2 Å². The van der Waals surface area contributed by atoms with Crippen LogP contribution < -0.4 is 20.5 Å². The Labute approximate surface area is 129 Å². The predicted octanol–water partition coefficient (Wildman–Crippen LogP) is 0.696. The van der Waals surface area contributed by atoms with E-state index in [1.165, 1.54) is 0 Å². The number of rotatable bonds is 4. The monoisotopic (exact) mass is 306 g/mol. The smallest absolute Gasteiger partial charge is 0.237 e. The Morgan fingerprint density at radius 2 is 2.00 bits per heavy atom. The summed E-state index contributed by atoms with van der Waals surface area (Å²) in [6, 6.07) is 7.03. The average molecular weight is 306 g/mol. The molecule has 3 rings (SSSR count). The molecule has 3 N–H and O–H groups in total. The van der Waals surface area contributed by atoms with Gasteiger partial charge in [-0.15, -0.1) is 0 Å². The van der Waals surface area contributed by atoms with Gasteiger partial charge in [-0.1, -0.05) is 12.1 Å². The van der Waals surface area contributed by atoms with E-state index in [-0.39, 0.29) is 17.9 Å². The molecule has 1 fully saturated rings. The zero-order valence-corrected chi connectivity index (χ0v) is 12.5. The number of fused-ring (bicyclic) bond motifs is 1. The first-order chi connectivity index (χ1) is 10.7. The van der Waals surface area contributed by atoms with Gasteiger partial charge in [0.1, 0.15) is 12.7 Å². The summed E-state index contributed by atoms with van der Waals surface area (Å²) in [5.41, 5.74) is 6.04. The second kappa shape index (κ2) is 6.98. The molecule has 6 heteroatoms. The van der Waals surface area contributed by atoms with Crippen LogP contribution in [-0.4, -0.2) is 44.4 Å². The maximum Gasteiger partial charge on any atom is 0.237 e. The first-order valence-corrected chi connectivity index (χ1v) is 7.73. The summed E-state index contributed by atoms with van der Waals surface area (Å²) in [6.45, 7) is 2.18. The first kappa shape index (κ1) is 15.1. The normalized spacial score (nSPS) is 22.9. The lowest BCUT2D eigenvalue weighted by atomic mass is 9.92. The van der Waals surface area contributed by atoms with Crippen molar-refractivity contribution in [1.29, 1.82) is 0 Å². The molecule has 2 aliphatic rings. The molecule has 120 valence electrons. The fraction of sp³-hybridized carbons (Fsp3) is 0.562. The third kappa shape index (κ3) is 3.51. The lowest BCUT2D eigenvalue weighted by Crippen LogP contribution is -2.50. The Balaban J connectivity index is 1.47. The Morgan fingerprint density at radius 1 is 1.27 bits per heavy atom. The second-order valence-corrected chi connectivity index (χ2v) is 5.72. The van der Waals surface area contributed by atoms with Crippen LogP contribution in [0.4, 0.5) is 0 Å². The molecule has 1 aromatic carbocycles. The molecular weight excluding hydrogens is 284 g/mol. The van der Waals surface area contributed by atoms with Gasteiger partial charge in [0.2, 0.25) is 5.91 Å². The third-order valence-electron chi connectivity index (χ3n) is 4.15. The number of carbonyl (C=O) groups excluding carboxylic acids is 1. The fourth-order valence-electron chi connectivity index (χ4n) is 2.78. The van der Waals surface area contributed by atoms with Gasteiger partial charge in [-0.05, 0) is 30.9 Å².